The Bertz CT molecular complexity index is 403. The third kappa shape index (κ3) is 3.07. The van der Waals surface area contributed by atoms with Gasteiger partial charge < -0.3 is 9.80 Å². The van der Waals surface area contributed by atoms with Crippen molar-refractivity contribution in [2.24, 2.45) is 0 Å². The van der Waals surface area contributed by atoms with E-state index < -0.39 is 0 Å². The maximum absolute atomic E-state index is 3.52. The van der Waals surface area contributed by atoms with E-state index in [1.807, 2.05) is 0 Å². The highest BCUT2D eigenvalue weighted by atomic mass is 79.9. The van der Waals surface area contributed by atoms with E-state index >= 15 is 0 Å². The van der Waals surface area contributed by atoms with Crippen LogP contribution in [0.2, 0.25) is 0 Å². The van der Waals surface area contributed by atoms with Crippen LogP contribution in [0.25, 0.3) is 0 Å². The van der Waals surface area contributed by atoms with Crippen molar-refractivity contribution in [1.29, 1.82) is 0 Å². The molecule has 1 aromatic rings. The van der Waals surface area contributed by atoms with Gasteiger partial charge in [0, 0.05) is 30.1 Å². The third-order valence-corrected chi connectivity index (χ3v) is 4.33. The highest BCUT2D eigenvalue weighted by Gasteiger charge is 2.25. The number of likely N-dealkylation sites (N-methyl/N-ethyl adjacent to an activating group) is 1. The van der Waals surface area contributed by atoms with Crippen molar-refractivity contribution in [2.75, 3.05) is 32.1 Å². The Hall–Kier alpha value is -0.540. The first-order valence-corrected chi connectivity index (χ1v) is 7.81. The molecule has 0 aromatic heterocycles. The molecule has 1 saturated heterocycles. The van der Waals surface area contributed by atoms with Crippen LogP contribution in [0.15, 0.2) is 18.2 Å². The van der Waals surface area contributed by atoms with Gasteiger partial charge in [0.1, 0.15) is 0 Å². The molecule has 0 radical (unpaired) electrons. The molecule has 1 heterocycles. The molecular formula is C15H23BrN2. The van der Waals surface area contributed by atoms with Gasteiger partial charge in [0.25, 0.3) is 0 Å². The number of hydrogen-bond acceptors (Lipinski definition) is 2. The van der Waals surface area contributed by atoms with E-state index in [-0.39, 0.29) is 0 Å². The van der Waals surface area contributed by atoms with Gasteiger partial charge >= 0.3 is 0 Å². The summed E-state index contributed by atoms with van der Waals surface area (Å²) >= 11 is 3.52. The molecule has 1 aliphatic heterocycles. The second kappa shape index (κ2) is 6.07. The Morgan fingerprint density at radius 1 is 1.39 bits per heavy atom. The van der Waals surface area contributed by atoms with Gasteiger partial charge in [0.2, 0.25) is 0 Å². The van der Waals surface area contributed by atoms with Crippen LogP contribution in [0, 0.1) is 6.92 Å². The van der Waals surface area contributed by atoms with E-state index in [0.717, 1.165) is 11.9 Å². The van der Waals surface area contributed by atoms with Gasteiger partial charge in [-0.3, -0.25) is 0 Å². The standard InChI is InChI=1S/C15H23BrN2/c1-12-9-13(10-16)6-7-15(12)18-8-4-5-14(18)11-17(2)3/h6-7,9,14H,4-5,8,10-11H2,1-3H3. The number of benzene rings is 1. The predicted molar refractivity (Wildman–Crippen MR) is 82.7 cm³/mol. The minimum atomic E-state index is 0.675. The summed E-state index contributed by atoms with van der Waals surface area (Å²) in [5, 5.41) is 0.940. The zero-order valence-electron chi connectivity index (χ0n) is 11.6. The minimum Gasteiger partial charge on any atom is -0.367 e. The largest absolute Gasteiger partial charge is 0.367 e. The van der Waals surface area contributed by atoms with Crippen molar-refractivity contribution in [3.8, 4) is 0 Å². The van der Waals surface area contributed by atoms with E-state index in [0.29, 0.717) is 6.04 Å². The van der Waals surface area contributed by atoms with Crippen molar-refractivity contribution >= 4 is 21.6 Å². The van der Waals surface area contributed by atoms with Crippen LogP contribution in [0.1, 0.15) is 24.0 Å². The molecule has 2 nitrogen and oxygen atoms in total. The number of nitrogens with zero attached hydrogens (tertiary/aromatic N) is 2. The highest BCUT2D eigenvalue weighted by Crippen LogP contribution is 2.29. The van der Waals surface area contributed by atoms with Crippen molar-refractivity contribution < 1.29 is 0 Å². The monoisotopic (exact) mass is 310 g/mol. The summed E-state index contributed by atoms with van der Waals surface area (Å²) in [6, 6.07) is 7.51. The van der Waals surface area contributed by atoms with Crippen LogP contribution in [-0.4, -0.2) is 38.1 Å². The first kappa shape index (κ1) is 13.9. The molecular weight excluding hydrogens is 288 g/mol. The quantitative estimate of drug-likeness (QED) is 0.786. The van der Waals surface area contributed by atoms with Crippen molar-refractivity contribution in [1.82, 2.24) is 4.90 Å². The predicted octanol–water partition coefficient (Wildman–Crippen LogP) is 3.42. The van der Waals surface area contributed by atoms with Crippen LogP contribution >= 0.6 is 15.9 Å². The van der Waals surface area contributed by atoms with Crippen LogP contribution in [0.4, 0.5) is 5.69 Å². The molecule has 100 valence electrons. The number of anilines is 1. The molecule has 18 heavy (non-hydrogen) atoms. The summed E-state index contributed by atoms with van der Waals surface area (Å²) in [7, 11) is 4.33. The molecule has 3 heteroatoms. The number of halogens is 1. The first-order chi connectivity index (χ1) is 8.61. The van der Waals surface area contributed by atoms with Gasteiger partial charge in [-0.15, -0.1) is 0 Å². The lowest BCUT2D eigenvalue weighted by Crippen LogP contribution is -2.37. The van der Waals surface area contributed by atoms with E-state index in [1.54, 1.807) is 0 Å². The summed E-state index contributed by atoms with van der Waals surface area (Å²) < 4.78 is 0. The van der Waals surface area contributed by atoms with E-state index in [2.05, 4.69) is 64.9 Å². The third-order valence-electron chi connectivity index (χ3n) is 3.68. The zero-order valence-corrected chi connectivity index (χ0v) is 13.2. The van der Waals surface area contributed by atoms with Crippen LogP contribution in [0.3, 0.4) is 0 Å². The van der Waals surface area contributed by atoms with E-state index in [4.69, 9.17) is 0 Å². The maximum atomic E-state index is 3.52. The average molecular weight is 311 g/mol. The van der Waals surface area contributed by atoms with Gasteiger partial charge in [-0.1, -0.05) is 28.1 Å². The molecule has 0 saturated carbocycles. The van der Waals surface area contributed by atoms with Crippen LogP contribution < -0.4 is 4.90 Å². The van der Waals surface area contributed by atoms with Gasteiger partial charge in [-0.25, -0.2) is 0 Å². The summed E-state index contributed by atoms with van der Waals surface area (Å²) in [5.74, 6) is 0. The topological polar surface area (TPSA) is 6.48 Å². The molecule has 0 aliphatic carbocycles. The van der Waals surface area contributed by atoms with Crippen LogP contribution in [0.5, 0.6) is 0 Å². The Labute approximate surface area is 119 Å². The zero-order chi connectivity index (χ0) is 13.1. The molecule has 1 aliphatic rings. The molecule has 1 atom stereocenters. The number of alkyl halides is 1. The summed E-state index contributed by atoms with van der Waals surface area (Å²) in [4.78, 5) is 4.89. The normalized spacial score (nSPS) is 19.8. The van der Waals surface area contributed by atoms with Gasteiger partial charge in [0.05, 0.1) is 0 Å². The Balaban J connectivity index is 2.19. The van der Waals surface area contributed by atoms with Gasteiger partial charge in [-0.05, 0) is 51.1 Å². The maximum Gasteiger partial charge on any atom is 0.0417 e. The fourth-order valence-corrected chi connectivity index (χ4v) is 3.24. The first-order valence-electron chi connectivity index (χ1n) is 6.68. The second-order valence-electron chi connectivity index (χ2n) is 5.51. The van der Waals surface area contributed by atoms with E-state index in [1.165, 1.54) is 36.2 Å². The van der Waals surface area contributed by atoms with Gasteiger partial charge in [-0.2, -0.15) is 0 Å². The van der Waals surface area contributed by atoms with Crippen LogP contribution in [-0.2, 0) is 5.33 Å². The fraction of sp³-hybridized carbons (Fsp3) is 0.600. The molecule has 0 bridgehead atoms. The highest BCUT2D eigenvalue weighted by molar-refractivity contribution is 9.08. The smallest absolute Gasteiger partial charge is 0.0417 e. The van der Waals surface area contributed by atoms with Crippen molar-refractivity contribution in [3.63, 3.8) is 0 Å². The minimum absolute atomic E-state index is 0.675. The molecule has 1 aromatic carbocycles. The van der Waals surface area contributed by atoms with Gasteiger partial charge in [0.15, 0.2) is 0 Å². The van der Waals surface area contributed by atoms with Crippen molar-refractivity contribution in [2.45, 2.75) is 31.1 Å². The summed E-state index contributed by atoms with van der Waals surface area (Å²) in [6.45, 7) is 4.58. The Morgan fingerprint density at radius 2 is 2.17 bits per heavy atom. The number of hydrogen-bond donors (Lipinski definition) is 0. The summed E-state index contributed by atoms with van der Waals surface area (Å²) in [5.41, 5.74) is 4.18. The molecule has 1 fully saturated rings. The molecule has 0 amide bonds. The molecule has 2 rings (SSSR count). The molecule has 1 unspecified atom stereocenters. The lowest BCUT2D eigenvalue weighted by molar-refractivity contribution is 0.372. The number of aryl methyl sites for hydroxylation is 1. The Morgan fingerprint density at radius 3 is 2.78 bits per heavy atom. The average Bonchev–Trinajstić information content (AvgIpc) is 2.76. The fourth-order valence-electron chi connectivity index (χ4n) is 2.89. The lowest BCUT2D eigenvalue weighted by Gasteiger charge is -2.30. The Kier molecular flexibility index (Phi) is 4.68. The van der Waals surface area contributed by atoms with Crippen molar-refractivity contribution in [3.05, 3.63) is 29.3 Å². The van der Waals surface area contributed by atoms with E-state index in [9.17, 15) is 0 Å². The molecule has 0 N–H and O–H groups in total. The lowest BCUT2D eigenvalue weighted by atomic mass is 10.1. The number of rotatable bonds is 4. The second-order valence-corrected chi connectivity index (χ2v) is 6.07. The summed E-state index contributed by atoms with van der Waals surface area (Å²) in [6.07, 6.45) is 2.63. The SMILES string of the molecule is Cc1cc(CBr)ccc1N1CCCC1CN(C)C. The molecule has 0 spiro atoms.